The highest BCUT2D eigenvalue weighted by Crippen LogP contribution is 2.24. The molecule has 2 N–H and O–H groups in total. The molecule has 94 valence electrons. The van der Waals surface area contributed by atoms with E-state index in [-0.39, 0.29) is 28.7 Å². The molecule has 1 heterocycles. The van der Waals surface area contributed by atoms with Crippen LogP contribution in [0.4, 0.5) is 0 Å². The molecule has 1 amide bonds. The Hall–Kier alpha value is -1.56. The van der Waals surface area contributed by atoms with E-state index >= 15 is 0 Å². The van der Waals surface area contributed by atoms with Crippen LogP contribution in [0.5, 0.6) is 5.75 Å². The summed E-state index contributed by atoms with van der Waals surface area (Å²) in [5.74, 6) is -1.10. The minimum absolute atomic E-state index is 0.105. The summed E-state index contributed by atoms with van der Waals surface area (Å²) >= 11 is 1.07. The molecule has 0 radical (unpaired) electrons. The van der Waals surface area contributed by atoms with Gasteiger partial charge >= 0.3 is 5.97 Å². The summed E-state index contributed by atoms with van der Waals surface area (Å²) in [5.41, 5.74) is -0.329. The van der Waals surface area contributed by atoms with E-state index in [4.69, 9.17) is 9.84 Å². The summed E-state index contributed by atoms with van der Waals surface area (Å²) in [5, 5.41) is 13.2. The molecule has 0 saturated heterocycles. The fourth-order valence-electron chi connectivity index (χ4n) is 1.16. The maximum Gasteiger partial charge on any atom is 0.349 e. The number of carboxylic acid groups (broad SMARTS) is 1. The molecule has 6 heteroatoms. The Balaban J connectivity index is 2.53. The van der Waals surface area contributed by atoms with Crippen LogP contribution in [0, 0.1) is 0 Å². The Labute approximate surface area is 103 Å². The zero-order valence-corrected chi connectivity index (χ0v) is 10.8. The summed E-state index contributed by atoms with van der Waals surface area (Å²) in [4.78, 5) is 22.3. The monoisotopic (exact) mass is 257 g/mol. The van der Waals surface area contributed by atoms with Crippen molar-refractivity contribution in [1.29, 1.82) is 0 Å². The maximum absolute atomic E-state index is 11.5. The molecule has 0 unspecified atom stereocenters. The van der Waals surface area contributed by atoms with Crippen molar-refractivity contribution in [3.63, 3.8) is 0 Å². The number of hydrogen-bond acceptors (Lipinski definition) is 4. The number of ether oxygens (including phenoxy) is 1. The molecule has 0 fully saturated rings. The van der Waals surface area contributed by atoms with Gasteiger partial charge in [0, 0.05) is 5.54 Å². The molecule has 17 heavy (non-hydrogen) atoms. The normalized spacial score (nSPS) is 11.0. The number of amides is 1. The van der Waals surface area contributed by atoms with Crippen LogP contribution in [0.25, 0.3) is 0 Å². The summed E-state index contributed by atoms with van der Waals surface area (Å²) < 4.78 is 5.16. The van der Waals surface area contributed by atoms with Crippen LogP contribution < -0.4 is 10.1 Å². The van der Waals surface area contributed by atoms with Crippen LogP contribution in [0.3, 0.4) is 0 Å². The van der Waals surface area contributed by atoms with Crippen LogP contribution in [0.15, 0.2) is 11.4 Å². The summed E-state index contributed by atoms with van der Waals surface area (Å²) in [7, 11) is 0. The van der Waals surface area contributed by atoms with Crippen molar-refractivity contribution in [3.05, 3.63) is 16.3 Å². The van der Waals surface area contributed by atoms with Crippen molar-refractivity contribution in [1.82, 2.24) is 5.32 Å². The first-order valence-corrected chi connectivity index (χ1v) is 5.92. The van der Waals surface area contributed by atoms with Crippen molar-refractivity contribution in [2.24, 2.45) is 0 Å². The van der Waals surface area contributed by atoms with Crippen molar-refractivity contribution in [2.75, 3.05) is 6.61 Å². The summed E-state index contributed by atoms with van der Waals surface area (Å²) in [6, 6.07) is 1.54. The van der Waals surface area contributed by atoms with Gasteiger partial charge in [-0.3, -0.25) is 4.79 Å². The molecule has 0 atom stereocenters. The molecule has 1 aromatic rings. The van der Waals surface area contributed by atoms with Crippen molar-refractivity contribution in [3.8, 4) is 5.75 Å². The van der Waals surface area contributed by atoms with Gasteiger partial charge < -0.3 is 15.2 Å². The number of carbonyl (C=O) groups is 2. The van der Waals surface area contributed by atoms with Crippen LogP contribution in [0.2, 0.25) is 0 Å². The Morgan fingerprint density at radius 3 is 2.65 bits per heavy atom. The zero-order chi connectivity index (χ0) is 13.1. The number of carbonyl (C=O) groups excluding carboxylic acids is 1. The van der Waals surface area contributed by atoms with E-state index in [1.165, 1.54) is 0 Å². The van der Waals surface area contributed by atoms with Gasteiger partial charge in [0.25, 0.3) is 5.91 Å². The van der Waals surface area contributed by atoms with E-state index in [0.717, 1.165) is 11.3 Å². The number of rotatable bonds is 4. The first-order valence-electron chi connectivity index (χ1n) is 5.04. The summed E-state index contributed by atoms with van der Waals surface area (Å²) in [6.45, 7) is 5.39. The SMILES string of the molecule is CC(C)(C)NC(=O)COc1ccsc1C(=O)O. The van der Waals surface area contributed by atoms with Crippen LogP contribution >= 0.6 is 11.3 Å². The molecule has 0 spiro atoms. The molecule has 0 aliphatic carbocycles. The molecule has 1 aromatic heterocycles. The average molecular weight is 257 g/mol. The fraction of sp³-hybridized carbons (Fsp3) is 0.455. The topological polar surface area (TPSA) is 75.6 Å². The average Bonchev–Trinajstić information content (AvgIpc) is 2.59. The lowest BCUT2D eigenvalue weighted by atomic mass is 10.1. The molecule has 0 saturated carbocycles. The predicted octanol–water partition coefficient (Wildman–Crippen LogP) is 1.74. The van der Waals surface area contributed by atoms with Gasteiger partial charge in [-0.15, -0.1) is 11.3 Å². The lowest BCUT2D eigenvalue weighted by Crippen LogP contribution is -2.43. The van der Waals surface area contributed by atoms with E-state index < -0.39 is 5.97 Å². The van der Waals surface area contributed by atoms with Gasteiger partial charge in [-0.25, -0.2) is 4.79 Å². The van der Waals surface area contributed by atoms with Gasteiger partial charge in [0.05, 0.1) is 0 Å². The summed E-state index contributed by atoms with van der Waals surface area (Å²) in [6.07, 6.45) is 0. The van der Waals surface area contributed by atoms with E-state index in [1.807, 2.05) is 20.8 Å². The first-order chi connectivity index (χ1) is 7.79. The van der Waals surface area contributed by atoms with E-state index in [9.17, 15) is 9.59 Å². The van der Waals surface area contributed by atoms with Gasteiger partial charge in [-0.2, -0.15) is 0 Å². The largest absolute Gasteiger partial charge is 0.482 e. The molecule has 0 aliphatic heterocycles. The minimum Gasteiger partial charge on any atom is -0.482 e. The first kappa shape index (κ1) is 13.5. The van der Waals surface area contributed by atoms with Crippen LogP contribution in [-0.4, -0.2) is 29.1 Å². The Bertz CT molecular complexity index is 419. The second kappa shape index (κ2) is 5.18. The number of aromatic carboxylic acids is 1. The van der Waals surface area contributed by atoms with Crippen molar-refractivity contribution < 1.29 is 19.4 Å². The van der Waals surface area contributed by atoms with E-state index in [1.54, 1.807) is 11.4 Å². The van der Waals surface area contributed by atoms with Gasteiger partial charge in [0.15, 0.2) is 11.5 Å². The zero-order valence-electron chi connectivity index (χ0n) is 9.94. The van der Waals surface area contributed by atoms with Crippen LogP contribution in [0.1, 0.15) is 30.4 Å². The Morgan fingerprint density at radius 2 is 2.12 bits per heavy atom. The highest BCUT2D eigenvalue weighted by atomic mass is 32.1. The minimum atomic E-state index is -1.05. The number of nitrogens with one attached hydrogen (secondary N) is 1. The molecule has 5 nitrogen and oxygen atoms in total. The third-order valence-corrected chi connectivity index (χ3v) is 2.58. The van der Waals surface area contributed by atoms with E-state index in [0.29, 0.717) is 0 Å². The lowest BCUT2D eigenvalue weighted by Gasteiger charge is -2.20. The molecular weight excluding hydrogens is 242 g/mol. The third kappa shape index (κ3) is 4.44. The highest BCUT2D eigenvalue weighted by Gasteiger charge is 2.17. The van der Waals surface area contributed by atoms with Gasteiger partial charge in [0.1, 0.15) is 5.75 Å². The quantitative estimate of drug-likeness (QED) is 0.861. The number of hydrogen-bond donors (Lipinski definition) is 2. The maximum atomic E-state index is 11.5. The Kier molecular flexibility index (Phi) is 4.11. The van der Waals surface area contributed by atoms with Gasteiger partial charge in [0.2, 0.25) is 0 Å². The number of carboxylic acids is 1. The highest BCUT2D eigenvalue weighted by molar-refractivity contribution is 7.12. The molecule has 1 rings (SSSR count). The second-order valence-corrected chi connectivity index (χ2v) is 5.42. The smallest absolute Gasteiger partial charge is 0.349 e. The molecular formula is C11H15NO4S. The third-order valence-electron chi connectivity index (χ3n) is 1.70. The van der Waals surface area contributed by atoms with Gasteiger partial charge in [-0.1, -0.05) is 0 Å². The molecule has 0 bridgehead atoms. The predicted molar refractivity (Wildman–Crippen MR) is 64.7 cm³/mol. The van der Waals surface area contributed by atoms with E-state index in [2.05, 4.69) is 5.32 Å². The molecule has 0 aliphatic rings. The van der Waals surface area contributed by atoms with Crippen LogP contribution in [-0.2, 0) is 4.79 Å². The molecule has 0 aromatic carbocycles. The van der Waals surface area contributed by atoms with Crippen molar-refractivity contribution >= 4 is 23.2 Å². The second-order valence-electron chi connectivity index (χ2n) is 4.51. The standard InChI is InChI=1S/C11H15NO4S/c1-11(2,3)12-8(13)6-16-7-4-5-17-9(7)10(14)15/h4-5H,6H2,1-3H3,(H,12,13)(H,14,15). The van der Waals surface area contributed by atoms with Crippen molar-refractivity contribution in [2.45, 2.75) is 26.3 Å². The Morgan fingerprint density at radius 1 is 1.47 bits per heavy atom. The van der Waals surface area contributed by atoms with Gasteiger partial charge in [-0.05, 0) is 32.2 Å². The number of thiophene rings is 1. The lowest BCUT2D eigenvalue weighted by molar-refractivity contribution is -0.124. The fourth-order valence-corrected chi connectivity index (χ4v) is 1.84.